The van der Waals surface area contributed by atoms with Crippen molar-refractivity contribution >= 4 is 40.1 Å². The van der Waals surface area contributed by atoms with Gasteiger partial charge in [-0.25, -0.2) is 4.90 Å². The van der Waals surface area contributed by atoms with Crippen LogP contribution in [0.15, 0.2) is 71.7 Å². The minimum Gasteiger partial charge on any atom is -0.339 e. The van der Waals surface area contributed by atoms with Crippen molar-refractivity contribution in [3.63, 3.8) is 0 Å². The Kier molecular flexibility index (Phi) is 4.61. The summed E-state index contributed by atoms with van der Waals surface area (Å²) in [4.78, 5) is 30.9. The molecule has 0 atom stereocenters. The maximum Gasteiger partial charge on any atom is 0.282 e. The highest BCUT2D eigenvalue weighted by Gasteiger charge is 2.42. The van der Waals surface area contributed by atoms with Gasteiger partial charge in [0.15, 0.2) is 0 Å². The van der Waals surface area contributed by atoms with E-state index in [4.69, 9.17) is 0 Å². The third-order valence-electron chi connectivity index (χ3n) is 4.91. The summed E-state index contributed by atoms with van der Waals surface area (Å²) in [6.45, 7) is 3.87. The summed E-state index contributed by atoms with van der Waals surface area (Å²) in [5.41, 5.74) is 4.24. The third kappa shape index (κ3) is 2.94. The molecule has 28 heavy (non-hydrogen) atoms. The van der Waals surface area contributed by atoms with Gasteiger partial charge in [0.25, 0.3) is 11.8 Å². The van der Waals surface area contributed by atoms with Crippen LogP contribution in [-0.2, 0) is 9.59 Å². The number of anilines is 2. The van der Waals surface area contributed by atoms with Gasteiger partial charge in [-0.2, -0.15) is 0 Å². The lowest BCUT2D eigenvalue weighted by atomic mass is 10.1. The maximum absolute atomic E-state index is 13.5. The molecule has 0 N–H and O–H groups in total. The largest absolute Gasteiger partial charge is 0.339 e. The van der Waals surface area contributed by atoms with Crippen molar-refractivity contribution in [1.82, 2.24) is 0 Å². The second-order valence-corrected chi connectivity index (χ2v) is 7.78. The van der Waals surface area contributed by atoms with E-state index in [-0.39, 0.29) is 11.8 Å². The summed E-state index contributed by atoms with van der Waals surface area (Å²) in [5.74, 6) is -0.576. The zero-order chi connectivity index (χ0) is 19.8. The van der Waals surface area contributed by atoms with E-state index in [0.29, 0.717) is 17.0 Å². The molecule has 1 aliphatic rings. The number of rotatable bonds is 4. The monoisotopic (exact) mass is 388 g/mol. The third-order valence-corrected chi connectivity index (χ3v) is 5.80. The number of imide groups is 1. The van der Waals surface area contributed by atoms with Gasteiger partial charge in [0, 0.05) is 17.6 Å². The SMILES string of the molecule is Cc1ccc(C)c(N2C(=O)C(c3cccs3)=C(N(C)c3ccccc3)C2=O)c1. The number of carbonyl (C=O) groups is 2. The molecule has 0 saturated carbocycles. The quantitative estimate of drug-likeness (QED) is 0.604. The first-order chi connectivity index (χ1) is 13.5. The zero-order valence-electron chi connectivity index (χ0n) is 16.0. The molecule has 0 saturated heterocycles. The molecular formula is C23H20N2O2S. The van der Waals surface area contributed by atoms with Crippen molar-refractivity contribution in [2.75, 3.05) is 16.8 Å². The van der Waals surface area contributed by atoms with E-state index < -0.39 is 0 Å². The Bertz CT molecular complexity index is 1090. The molecule has 4 nitrogen and oxygen atoms in total. The molecule has 0 unspecified atom stereocenters. The molecule has 1 aliphatic heterocycles. The Morgan fingerprint density at radius 2 is 1.64 bits per heavy atom. The van der Waals surface area contributed by atoms with Gasteiger partial charge in [-0.1, -0.05) is 36.4 Å². The van der Waals surface area contributed by atoms with Crippen molar-refractivity contribution in [3.8, 4) is 0 Å². The normalized spacial score (nSPS) is 14.2. The van der Waals surface area contributed by atoms with Crippen LogP contribution in [0.25, 0.3) is 5.57 Å². The van der Waals surface area contributed by atoms with E-state index in [2.05, 4.69) is 0 Å². The first-order valence-electron chi connectivity index (χ1n) is 9.02. The van der Waals surface area contributed by atoms with Crippen LogP contribution in [0.5, 0.6) is 0 Å². The molecule has 0 bridgehead atoms. The van der Waals surface area contributed by atoms with E-state index >= 15 is 0 Å². The van der Waals surface area contributed by atoms with Crippen LogP contribution in [0.2, 0.25) is 0 Å². The second-order valence-electron chi connectivity index (χ2n) is 6.83. The topological polar surface area (TPSA) is 40.6 Å². The summed E-state index contributed by atoms with van der Waals surface area (Å²) < 4.78 is 0. The van der Waals surface area contributed by atoms with Crippen LogP contribution in [-0.4, -0.2) is 18.9 Å². The molecule has 5 heteroatoms. The number of para-hydroxylation sites is 1. The summed E-state index contributed by atoms with van der Waals surface area (Å²) >= 11 is 1.46. The molecule has 3 aromatic rings. The van der Waals surface area contributed by atoms with Crippen LogP contribution in [0, 0.1) is 13.8 Å². The van der Waals surface area contributed by atoms with Gasteiger partial charge in [0.1, 0.15) is 5.70 Å². The van der Waals surface area contributed by atoms with Crippen LogP contribution in [0.4, 0.5) is 11.4 Å². The van der Waals surface area contributed by atoms with Gasteiger partial charge in [0.2, 0.25) is 0 Å². The smallest absolute Gasteiger partial charge is 0.282 e. The zero-order valence-corrected chi connectivity index (χ0v) is 16.8. The predicted octanol–water partition coefficient (Wildman–Crippen LogP) is 4.79. The Hall–Kier alpha value is -3.18. The highest BCUT2D eigenvalue weighted by atomic mass is 32.1. The van der Waals surface area contributed by atoms with E-state index in [0.717, 1.165) is 21.7 Å². The van der Waals surface area contributed by atoms with Gasteiger partial charge in [0.05, 0.1) is 11.3 Å². The first-order valence-corrected chi connectivity index (χ1v) is 9.90. The minimum atomic E-state index is -0.298. The summed E-state index contributed by atoms with van der Waals surface area (Å²) in [6.07, 6.45) is 0. The molecule has 2 aromatic carbocycles. The number of nitrogens with zero attached hydrogens (tertiary/aromatic N) is 2. The summed E-state index contributed by atoms with van der Waals surface area (Å²) in [5, 5.41) is 1.92. The summed E-state index contributed by atoms with van der Waals surface area (Å²) in [6, 6.07) is 19.2. The van der Waals surface area contributed by atoms with Gasteiger partial charge >= 0.3 is 0 Å². The second kappa shape index (κ2) is 7.09. The lowest BCUT2D eigenvalue weighted by Gasteiger charge is -2.22. The fourth-order valence-corrected chi connectivity index (χ4v) is 4.19. The van der Waals surface area contributed by atoms with Crippen LogP contribution in [0.3, 0.4) is 0 Å². The minimum absolute atomic E-state index is 0.279. The van der Waals surface area contributed by atoms with E-state index in [1.807, 2.05) is 86.9 Å². The fourth-order valence-electron chi connectivity index (χ4n) is 3.43. The average Bonchev–Trinajstić information content (AvgIpc) is 3.30. The molecule has 0 radical (unpaired) electrons. The van der Waals surface area contributed by atoms with Crippen molar-refractivity contribution in [2.45, 2.75) is 13.8 Å². The number of hydrogen-bond donors (Lipinski definition) is 0. The molecule has 4 rings (SSSR count). The van der Waals surface area contributed by atoms with Crippen molar-refractivity contribution < 1.29 is 9.59 Å². The molecule has 0 spiro atoms. The van der Waals surface area contributed by atoms with Gasteiger partial charge in [-0.05, 0) is 54.6 Å². The highest BCUT2D eigenvalue weighted by Crippen LogP contribution is 2.38. The number of amides is 2. The molecular weight excluding hydrogens is 368 g/mol. The molecule has 1 aromatic heterocycles. The summed E-state index contributed by atoms with van der Waals surface area (Å²) in [7, 11) is 1.83. The Balaban J connectivity index is 1.88. The van der Waals surface area contributed by atoms with Crippen molar-refractivity contribution in [2.24, 2.45) is 0 Å². The standard InChI is InChI=1S/C23H20N2O2S/c1-15-11-12-16(2)18(14-15)25-22(26)20(19-10-7-13-28-19)21(23(25)27)24(3)17-8-5-4-6-9-17/h4-14H,1-3H3. The number of hydrogen-bond acceptors (Lipinski definition) is 4. The lowest BCUT2D eigenvalue weighted by Crippen LogP contribution is -2.34. The average molecular weight is 388 g/mol. The molecule has 0 aliphatic carbocycles. The van der Waals surface area contributed by atoms with Gasteiger partial charge in [-0.15, -0.1) is 11.3 Å². The van der Waals surface area contributed by atoms with Gasteiger partial charge in [-0.3, -0.25) is 9.59 Å². The van der Waals surface area contributed by atoms with Crippen molar-refractivity contribution in [1.29, 1.82) is 0 Å². The molecule has 140 valence electrons. The number of carbonyl (C=O) groups excluding carboxylic acids is 2. The molecule has 2 heterocycles. The molecule has 0 fully saturated rings. The maximum atomic E-state index is 13.5. The van der Waals surface area contributed by atoms with E-state index in [1.165, 1.54) is 16.2 Å². The Morgan fingerprint density at radius 3 is 2.32 bits per heavy atom. The Morgan fingerprint density at radius 1 is 0.893 bits per heavy atom. The highest BCUT2D eigenvalue weighted by molar-refractivity contribution is 7.11. The van der Waals surface area contributed by atoms with Crippen LogP contribution < -0.4 is 9.80 Å². The number of aryl methyl sites for hydroxylation is 2. The number of benzene rings is 2. The van der Waals surface area contributed by atoms with Gasteiger partial charge < -0.3 is 4.90 Å². The predicted molar refractivity (Wildman–Crippen MR) is 114 cm³/mol. The fraction of sp³-hybridized carbons (Fsp3) is 0.130. The first kappa shape index (κ1) is 18.2. The van der Waals surface area contributed by atoms with Crippen LogP contribution >= 0.6 is 11.3 Å². The number of thiophene rings is 1. The van der Waals surface area contributed by atoms with E-state index in [1.54, 1.807) is 4.90 Å². The van der Waals surface area contributed by atoms with Crippen LogP contribution in [0.1, 0.15) is 16.0 Å². The Labute approximate surface area is 168 Å². The molecule has 2 amide bonds. The van der Waals surface area contributed by atoms with Crippen molar-refractivity contribution in [3.05, 3.63) is 87.7 Å². The number of likely N-dealkylation sites (N-methyl/N-ethyl adjacent to an activating group) is 1. The lowest BCUT2D eigenvalue weighted by molar-refractivity contribution is -0.120. The van der Waals surface area contributed by atoms with E-state index in [9.17, 15) is 9.59 Å².